The lowest BCUT2D eigenvalue weighted by molar-refractivity contribution is 0.108. The maximum atomic E-state index is 5.99. The van der Waals surface area contributed by atoms with Gasteiger partial charge in [-0.2, -0.15) is 11.8 Å². The van der Waals surface area contributed by atoms with Gasteiger partial charge in [0.05, 0.1) is 0 Å². The van der Waals surface area contributed by atoms with Crippen LogP contribution in [0.1, 0.15) is 51.9 Å². The molecule has 2 N–H and O–H groups in total. The van der Waals surface area contributed by atoms with E-state index in [0.29, 0.717) is 6.04 Å². The maximum absolute atomic E-state index is 5.99. The summed E-state index contributed by atoms with van der Waals surface area (Å²) in [4.78, 5) is 2.69. The predicted octanol–water partition coefficient (Wildman–Crippen LogP) is 3.11. The lowest BCUT2D eigenvalue weighted by atomic mass is 9.92. The lowest BCUT2D eigenvalue weighted by Gasteiger charge is -2.39. The Kier molecular flexibility index (Phi) is 8.33. The van der Waals surface area contributed by atoms with Crippen molar-refractivity contribution < 1.29 is 0 Å². The van der Waals surface area contributed by atoms with Crippen molar-refractivity contribution in [2.75, 3.05) is 25.1 Å². The topological polar surface area (TPSA) is 29.3 Å². The molecule has 0 spiro atoms. The molecule has 0 amide bonds. The Morgan fingerprint density at radius 3 is 2.53 bits per heavy atom. The van der Waals surface area contributed by atoms with Crippen LogP contribution in [0.25, 0.3) is 0 Å². The van der Waals surface area contributed by atoms with Crippen LogP contribution in [0.2, 0.25) is 0 Å². The molecule has 1 aliphatic carbocycles. The van der Waals surface area contributed by atoms with Crippen molar-refractivity contribution in [1.29, 1.82) is 0 Å². The van der Waals surface area contributed by atoms with Crippen molar-refractivity contribution in [2.24, 2.45) is 5.73 Å². The van der Waals surface area contributed by atoms with Crippen molar-refractivity contribution >= 4 is 11.8 Å². The van der Waals surface area contributed by atoms with Crippen LogP contribution >= 0.6 is 11.8 Å². The molecule has 1 unspecified atom stereocenters. The normalized spacial score (nSPS) is 19.8. The highest BCUT2D eigenvalue weighted by Crippen LogP contribution is 2.25. The summed E-state index contributed by atoms with van der Waals surface area (Å²) in [6, 6.07) is 1.44. The third-order valence-corrected chi connectivity index (χ3v) is 4.73. The van der Waals surface area contributed by atoms with Gasteiger partial charge in [0.15, 0.2) is 0 Å². The summed E-state index contributed by atoms with van der Waals surface area (Å²) in [5, 5.41) is 0. The molecule has 1 aliphatic rings. The molecule has 2 nitrogen and oxygen atoms in total. The van der Waals surface area contributed by atoms with Gasteiger partial charge >= 0.3 is 0 Å². The number of rotatable bonds is 8. The number of hydrogen-bond acceptors (Lipinski definition) is 3. The highest BCUT2D eigenvalue weighted by atomic mass is 32.2. The fourth-order valence-electron chi connectivity index (χ4n) is 3.11. The average Bonchev–Trinajstić information content (AvgIpc) is 2.39. The van der Waals surface area contributed by atoms with Gasteiger partial charge in [0.25, 0.3) is 0 Å². The van der Waals surface area contributed by atoms with Crippen LogP contribution in [-0.4, -0.2) is 42.1 Å². The quantitative estimate of drug-likeness (QED) is 0.678. The van der Waals surface area contributed by atoms with Gasteiger partial charge in [0.1, 0.15) is 0 Å². The first-order valence-corrected chi connectivity index (χ1v) is 8.67. The summed E-state index contributed by atoms with van der Waals surface area (Å²) in [6.07, 6.45) is 11.9. The van der Waals surface area contributed by atoms with E-state index in [1.54, 1.807) is 0 Å². The van der Waals surface area contributed by atoms with Crippen LogP contribution in [-0.2, 0) is 0 Å². The zero-order valence-electron chi connectivity index (χ0n) is 11.7. The van der Waals surface area contributed by atoms with Crippen LogP contribution in [0.3, 0.4) is 0 Å². The first-order chi connectivity index (χ1) is 8.33. The van der Waals surface area contributed by atoms with E-state index in [4.69, 9.17) is 5.73 Å². The molecule has 0 aromatic carbocycles. The maximum Gasteiger partial charge on any atom is 0.0221 e. The molecule has 0 saturated heterocycles. The summed E-state index contributed by atoms with van der Waals surface area (Å²) in [5.41, 5.74) is 5.99. The van der Waals surface area contributed by atoms with Gasteiger partial charge in [0.2, 0.25) is 0 Å². The van der Waals surface area contributed by atoms with Gasteiger partial charge in [-0.15, -0.1) is 0 Å². The molecule has 0 aliphatic heterocycles. The molecule has 0 radical (unpaired) electrons. The summed E-state index contributed by atoms with van der Waals surface area (Å²) >= 11 is 1.95. The number of hydrogen-bond donors (Lipinski definition) is 1. The number of nitrogens with zero attached hydrogens (tertiary/aromatic N) is 1. The average molecular weight is 258 g/mol. The SMILES string of the molecule is CCN(C(CN)CCCSC)C1CCCCC1. The Labute approximate surface area is 112 Å². The highest BCUT2D eigenvalue weighted by Gasteiger charge is 2.25. The molecular weight excluding hydrogens is 228 g/mol. The highest BCUT2D eigenvalue weighted by molar-refractivity contribution is 7.98. The van der Waals surface area contributed by atoms with Gasteiger partial charge in [0, 0.05) is 18.6 Å². The molecule has 102 valence electrons. The first kappa shape index (κ1) is 15.3. The van der Waals surface area contributed by atoms with E-state index < -0.39 is 0 Å². The Morgan fingerprint density at radius 2 is 2.00 bits per heavy atom. The molecule has 3 heteroatoms. The Hall–Kier alpha value is 0.270. The van der Waals surface area contributed by atoms with Crippen molar-refractivity contribution in [3.8, 4) is 0 Å². The van der Waals surface area contributed by atoms with Crippen molar-refractivity contribution in [3.63, 3.8) is 0 Å². The van der Waals surface area contributed by atoms with Gasteiger partial charge in [-0.1, -0.05) is 26.2 Å². The second kappa shape index (κ2) is 9.23. The minimum Gasteiger partial charge on any atom is -0.329 e. The zero-order valence-corrected chi connectivity index (χ0v) is 12.5. The minimum atomic E-state index is 0.621. The molecule has 1 atom stereocenters. The minimum absolute atomic E-state index is 0.621. The van der Waals surface area contributed by atoms with Crippen LogP contribution < -0.4 is 5.73 Å². The Balaban J connectivity index is 2.43. The lowest BCUT2D eigenvalue weighted by Crippen LogP contribution is -2.47. The second-order valence-corrected chi connectivity index (χ2v) is 6.13. The summed E-state index contributed by atoms with van der Waals surface area (Å²) < 4.78 is 0. The molecule has 0 aromatic heterocycles. The van der Waals surface area contributed by atoms with E-state index in [-0.39, 0.29) is 0 Å². The van der Waals surface area contributed by atoms with Crippen LogP contribution in [0.15, 0.2) is 0 Å². The molecule has 0 heterocycles. The van der Waals surface area contributed by atoms with Gasteiger partial charge < -0.3 is 5.73 Å². The Morgan fingerprint density at radius 1 is 1.29 bits per heavy atom. The summed E-state index contributed by atoms with van der Waals surface area (Å²) in [5.74, 6) is 1.28. The van der Waals surface area contributed by atoms with Crippen molar-refractivity contribution in [1.82, 2.24) is 4.90 Å². The zero-order chi connectivity index (χ0) is 12.5. The van der Waals surface area contributed by atoms with E-state index in [2.05, 4.69) is 18.1 Å². The van der Waals surface area contributed by atoms with Crippen LogP contribution in [0.5, 0.6) is 0 Å². The molecular formula is C14H30N2S. The van der Waals surface area contributed by atoms with Crippen LogP contribution in [0, 0.1) is 0 Å². The molecule has 0 bridgehead atoms. The van der Waals surface area contributed by atoms with Gasteiger partial charge in [-0.05, 0) is 44.2 Å². The molecule has 1 fully saturated rings. The smallest absolute Gasteiger partial charge is 0.0221 e. The predicted molar refractivity (Wildman–Crippen MR) is 79.7 cm³/mol. The van der Waals surface area contributed by atoms with E-state index in [1.165, 1.54) is 57.2 Å². The monoisotopic (exact) mass is 258 g/mol. The first-order valence-electron chi connectivity index (χ1n) is 7.28. The molecule has 0 aromatic rings. The molecule has 1 rings (SSSR count). The molecule has 1 saturated carbocycles. The Bertz CT molecular complexity index is 181. The number of likely N-dealkylation sites (N-methyl/N-ethyl adjacent to an activating group) is 1. The third-order valence-electron chi connectivity index (χ3n) is 4.04. The number of nitrogens with two attached hydrogens (primary N) is 1. The van der Waals surface area contributed by atoms with E-state index >= 15 is 0 Å². The largest absolute Gasteiger partial charge is 0.329 e. The molecule has 17 heavy (non-hydrogen) atoms. The van der Waals surface area contributed by atoms with E-state index in [0.717, 1.165) is 12.6 Å². The van der Waals surface area contributed by atoms with Crippen molar-refractivity contribution in [3.05, 3.63) is 0 Å². The second-order valence-electron chi connectivity index (χ2n) is 5.15. The van der Waals surface area contributed by atoms with E-state index in [1.807, 2.05) is 11.8 Å². The standard InChI is InChI=1S/C14H30N2S/c1-3-16(13-8-5-4-6-9-13)14(12-15)10-7-11-17-2/h13-14H,3-12,15H2,1-2H3. The van der Waals surface area contributed by atoms with Crippen LogP contribution in [0.4, 0.5) is 0 Å². The van der Waals surface area contributed by atoms with Crippen molar-refractivity contribution in [2.45, 2.75) is 64.0 Å². The van der Waals surface area contributed by atoms with E-state index in [9.17, 15) is 0 Å². The number of thioether (sulfide) groups is 1. The fraction of sp³-hybridized carbons (Fsp3) is 1.00. The van der Waals surface area contributed by atoms with Gasteiger partial charge in [-0.3, -0.25) is 4.90 Å². The summed E-state index contributed by atoms with van der Waals surface area (Å²) in [6.45, 7) is 4.30. The fourth-order valence-corrected chi connectivity index (χ4v) is 3.56. The summed E-state index contributed by atoms with van der Waals surface area (Å²) in [7, 11) is 0. The van der Waals surface area contributed by atoms with Gasteiger partial charge in [-0.25, -0.2) is 0 Å². The third kappa shape index (κ3) is 5.19.